The molecule has 0 amide bonds. The van der Waals surface area contributed by atoms with Crippen molar-refractivity contribution in [3.63, 3.8) is 0 Å². The van der Waals surface area contributed by atoms with Gasteiger partial charge in [-0.1, -0.05) is 50.1 Å². The molecule has 27 heavy (non-hydrogen) atoms. The van der Waals surface area contributed by atoms with Gasteiger partial charge in [-0.2, -0.15) is 0 Å². The van der Waals surface area contributed by atoms with Crippen LogP contribution in [0.25, 0.3) is 11.1 Å². The highest BCUT2D eigenvalue weighted by atomic mass is 19.4. The van der Waals surface area contributed by atoms with Crippen LogP contribution >= 0.6 is 0 Å². The minimum atomic E-state index is -4.90. The number of hydrogen-bond donors (Lipinski definition) is 0. The van der Waals surface area contributed by atoms with Crippen LogP contribution in [0.3, 0.4) is 0 Å². The van der Waals surface area contributed by atoms with E-state index in [-0.39, 0.29) is 0 Å². The van der Waals surface area contributed by atoms with E-state index in [4.69, 9.17) is 0 Å². The maximum Gasteiger partial charge on any atom is 0.573 e. The summed E-state index contributed by atoms with van der Waals surface area (Å²) >= 11 is 0. The SMILES string of the molecule is CCC[C@H]1CC[C@H](c2ccc(-c3ccc(OC(F)(F)F)c(F)c3)cc2)CC1. The van der Waals surface area contributed by atoms with E-state index in [2.05, 4.69) is 23.8 Å². The molecule has 0 unspecified atom stereocenters. The van der Waals surface area contributed by atoms with Gasteiger partial charge in [-0.25, -0.2) is 4.39 Å². The molecule has 0 radical (unpaired) electrons. The Balaban J connectivity index is 1.68. The minimum absolute atomic E-state index is 0.528. The number of ether oxygens (including phenoxy) is 1. The Morgan fingerprint density at radius 2 is 1.56 bits per heavy atom. The summed E-state index contributed by atoms with van der Waals surface area (Å²) in [7, 11) is 0. The highest BCUT2D eigenvalue weighted by molar-refractivity contribution is 5.64. The van der Waals surface area contributed by atoms with Gasteiger partial charge in [-0.05, 0) is 66.3 Å². The van der Waals surface area contributed by atoms with Crippen LogP contribution in [-0.2, 0) is 0 Å². The summed E-state index contributed by atoms with van der Waals surface area (Å²) in [4.78, 5) is 0. The van der Waals surface area contributed by atoms with Crippen molar-refractivity contribution in [2.75, 3.05) is 0 Å². The molecule has 2 aromatic carbocycles. The van der Waals surface area contributed by atoms with Gasteiger partial charge in [0.25, 0.3) is 0 Å². The average molecular weight is 380 g/mol. The highest BCUT2D eigenvalue weighted by Crippen LogP contribution is 2.38. The molecule has 0 spiro atoms. The largest absolute Gasteiger partial charge is 0.573 e. The van der Waals surface area contributed by atoms with E-state index in [1.165, 1.54) is 50.2 Å². The van der Waals surface area contributed by atoms with E-state index in [1.807, 2.05) is 12.1 Å². The fourth-order valence-corrected chi connectivity index (χ4v) is 4.03. The number of alkyl halides is 3. The second-order valence-electron chi connectivity index (χ2n) is 7.32. The number of benzene rings is 2. The zero-order valence-corrected chi connectivity index (χ0v) is 15.4. The topological polar surface area (TPSA) is 9.23 Å². The molecule has 1 aliphatic carbocycles. The zero-order chi connectivity index (χ0) is 19.4. The first kappa shape index (κ1) is 19.7. The van der Waals surface area contributed by atoms with Crippen LogP contribution in [0.4, 0.5) is 17.6 Å². The highest BCUT2D eigenvalue weighted by Gasteiger charge is 2.32. The van der Waals surface area contributed by atoms with Gasteiger partial charge >= 0.3 is 6.36 Å². The van der Waals surface area contributed by atoms with Crippen LogP contribution in [0.2, 0.25) is 0 Å². The molecule has 0 saturated heterocycles. The normalized spacial score (nSPS) is 20.5. The molecule has 0 heterocycles. The molecule has 2 aromatic rings. The number of hydrogen-bond acceptors (Lipinski definition) is 1. The first-order valence-electron chi connectivity index (χ1n) is 9.51. The molecule has 5 heteroatoms. The Morgan fingerprint density at radius 1 is 0.926 bits per heavy atom. The first-order chi connectivity index (χ1) is 12.9. The molecule has 1 fully saturated rings. The molecule has 3 rings (SSSR count). The molecule has 1 saturated carbocycles. The van der Waals surface area contributed by atoms with Crippen LogP contribution in [0.5, 0.6) is 5.75 Å². The van der Waals surface area contributed by atoms with Crippen LogP contribution in [-0.4, -0.2) is 6.36 Å². The third kappa shape index (κ3) is 5.24. The number of rotatable bonds is 5. The third-order valence-corrected chi connectivity index (χ3v) is 5.42. The van der Waals surface area contributed by atoms with E-state index in [0.29, 0.717) is 11.5 Å². The van der Waals surface area contributed by atoms with Crippen LogP contribution in [0, 0.1) is 11.7 Å². The van der Waals surface area contributed by atoms with Crippen molar-refractivity contribution in [2.24, 2.45) is 5.92 Å². The Bertz CT molecular complexity index is 744. The fourth-order valence-electron chi connectivity index (χ4n) is 4.03. The third-order valence-electron chi connectivity index (χ3n) is 5.42. The number of halogens is 4. The summed E-state index contributed by atoms with van der Waals surface area (Å²) in [6.07, 6.45) is 2.58. The summed E-state index contributed by atoms with van der Waals surface area (Å²) in [5.41, 5.74) is 2.59. The van der Waals surface area contributed by atoms with Crippen molar-refractivity contribution in [2.45, 2.75) is 57.7 Å². The van der Waals surface area contributed by atoms with Crippen molar-refractivity contribution in [1.82, 2.24) is 0 Å². The van der Waals surface area contributed by atoms with E-state index in [1.54, 1.807) is 0 Å². The van der Waals surface area contributed by atoms with E-state index in [0.717, 1.165) is 23.6 Å². The molecule has 1 nitrogen and oxygen atoms in total. The van der Waals surface area contributed by atoms with Crippen molar-refractivity contribution in [3.05, 3.63) is 53.8 Å². The molecule has 0 aliphatic heterocycles. The molecule has 0 N–H and O–H groups in total. The standard InChI is InChI=1S/C22H24F4O/c1-2-3-15-4-6-16(7-5-15)17-8-10-18(11-9-17)19-12-13-21(20(23)14-19)27-22(24,25)26/h8-16H,2-7H2,1H3/t15-,16-. The van der Waals surface area contributed by atoms with E-state index in [9.17, 15) is 17.6 Å². The van der Waals surface area contributed by atoms with Gasteiger partial charge in [-0.15, -0.1) is 13.2 Å². The van der Waals surface area contributed by atoms with Gasteiger partial charge in [0, 0.05) is 0 Å². The Morgan fingerprint density at radius 3 is 2.11 bits per heavy atom. The van der Waals surface area contributed by atoms with Gasteiger partial charge in [0.1, 0.15) is 0 Å². The zero-order valence-electron chi connectivity index (χ0n) is 15.4. The maximum atomic E-state index is 13.9. The van der Waals surface area contributed by atoms with Gasteiger partial charge in [-0.3, -0.25) is 0 Å². The maximum absolute atomic E-state index is 13.9. The predicted molar refractivity (Wildman–Crippen MR) is 98.1 cm³/mol. The Labute approximate surface area is 157 Å². The van der Waals surface area contributed by atoms with Crippen LogP contribution in [0.1, 0.15) is 56.9 Å². The van der Waals surface area contributed by atoms with Gasteiger partial charge in [0.05, 0.1) is 0 Å². The lowest BCUT2D eigenvalue weighted by atomic mass is 9.77. The summed E-state index contributed by atoms with van der Waals surface area (Å²) < 4.78 is 54.3. The Hall–Kier alpha value is -2.04. The summed E-state index contributed by atoms with van der Waals surface area (Å²) in [6.45, 7) is 2.23. The first-order valence-corrected chi connectivity index (χ1v) is 9.51. The van der Waals surface area contributed by atoms with Gasteiger partial charge in [0.15, 0.2) is 11.6 Å². The Kier molecular flexibility index (Phi) is 6.08. The van der Waals surface area contributed by atoms with Crippen molar-refractivity contribution < 1.29 is 22.3 Å². The molecule has 1 aliphatic rings. The van der Waals surface area contributed by atoms with Crippen LogP contribution < -0.4 is 4.74 Å². The van der Waals surface area contributed by atoms with Crippen molar-refractivity contribution in [1.29, 1.82) is 0 Å². The summed E-state index contributed by atoms with van der Waals surface area (Å²) in [5.74, 6) is -0.424. The quantitative estimate of drug-likeness (QED) is 0.489. The lowest BCUT2D eigenvalue weighted by Gasteiger charge is -2.28. The molecular weight excluding hydrogens is 356 g/mol. The average Bonchev–Trinajstić information content (AvgIpc) is 2.63. The molecule has 0 aromatic heterocycles. The smallest absolute Gasteiger partial charge is 0.403 e. The molecule has 0 bridgehead atoms. The lowest BCUT2D eigenvalue weighted by Crippen LogP contribution is -2.17. The molecule has 146 valence electrons. The van der Waals surface area contributed by atoms with E-state index < -0.39 is 17.9 Å². The monoisotopic (exact) mass is 380 g/mol. The van der Waals surface area contributed by atoms with Gasteiger partial charge in [0.2, 0.25) is 0 Å². The van der Waals surface area contributed by atoms with Gasteiger partial charge < -0.3 is 4.74 Å². The lowest BCUT2D eigenvalue weighted by molar-refractivity contribution is -0.275. The minimum Gasteiger partial charge on any atom is -0.403 e. The second-order valence-corrected chi connectivity index (χ2v) is 7.32. The summed E-state index contributed by atoms with van der Waals surface area (Å²) in [5, 5.41) is 0. The fraction of sp³-hybridized carbons (Fsp3) is 0.455. The van der Waals surface area contributed by atoms with Crippen LogP contribution in [0.15, 0.2) is 42.5 Å². The molecular formula is C22H24F4O. The van der Waals surface area contributed by atoms with Crippen molar-refractivity contribution in [3.8, 4) is 16.9 Å². The second kappa shape index (κ2) is 8.32. The predicted octanol–water partition coefficient (Wildman–Crippen LogP) is 7.47. The molecule has 0 atom stereocenters. The van der Waals surface area contributed by atoms with E-state index >= 15 is 0 Å². The van der Waals surface area contributed by atoms with Crippen molar-refractivity contribution >= 4 is 0 Å². The summed E-state index contributed by atoms with van der Waals surface area (Å²) in [6, 6.07) is 11.5.